The molecule has 6 nitrogen and oxygen atoms in total. The quantitative estimate of drug-likeness (QED) is 0.316. The maximum absolute atomic E-state index is 12.1. The maximum atomic E-state index is 12.1. The summed E-state index contributed by atoms with van der Waals surface area (Å²) in [4.78, 5) is 8.40. The number of alkyl halides is 1. The Morgan fingerprint density at radius 3 is 3.05 bits per heavy atom. The fourth-order valence-corrected chi connectivity index (χ4v) is 1.96. The second kappa shape index (κ2) is 9.09. The van der Waals surface area contributed by atoms with Gasteiger partial charge in [-0.25, -0.2) is 0 Å². The molecule has 0 amide bonds. The van der Waals surface area contributed by atoms with Crippen molar-refractivity contribution < 1.29 is 9.13 Å². The minimum Gasteiger partial charge on any atom is -0.490 e. The zero-order valence-electron chi connectivity index (χ0n) is 12.5. The van der Waals surface area contributed by atoms with Gasteiger partial charge in [0, 0.05) is 12.1 Å². The fraction of sp³-hybridized carbons (Fsp3) is 0.533. The lowest BCUT2D eigenvalue weighted by Gasteiger charge is -2.27. The van der Waals surface area contributed by atoms with E-state index in [0.717, 1.165) is 13.0 Å². The molecule has 1 aliphatic heterocycles. The summed E-state index contributed by atoms with van der Waals surface area (Å²) in [6.07, 6.45) is 7.85. The van der Waals surface area contributed by atoms with Gasteiger partial charge in [0.25, 0.3) is 0 Å². The van der Waals surface area contributed by atoms with Crippen LogP contribution < -0.4 is 15.9 Å². The van der Waals surface area contributed by atoms with Gasteiger partial charge in [-0.3, -0.25) is 14.4 Å². The van der Waals surface area contributed by atoms with E-state index in [1.54, 1.807) is 18.6 Å². The van der Waals surface area contributed by atoms with Crippen molar-refractivity contribution in [3.8, 4) is 5.75 Å². The first-order chi connectivity index (χ1) is 10.8. The number of ether oxygens (including phenoxy) is 1. The number of rotatable bonds is 9. The highest BCUT2D eigenvalue weighted by atomic mass is 19.1. The summed E-state index contributed by atoms with van der Waals surface area (Å²) in [6.45, 7) is 1.36. The minimum absolute atomic E-state index is 0.325. The molecule has 1 saturated heterocycles. The molecule has 7 heteroatoms. The average molecular weight is 307 g/mol. The van der Waals surface area contributed by atoms with Gasteiger partial charge in [0.05, 0.1) is 36.7 Å². The molecule has 2 heterocycles. The lowest BCUT2D eigenvalue weighted by atomic mass is 10.1. The van der Waals surface area contributed by atoms with Gasteiger partial charge in [0.1, 0.15) is 12.4 Å². The molecule has 1 atom stereocenters. The fourth-order valence-electron chi connectivity index (χ4n) is 1.96. The predicted octanol–water partition coefficient (Wildman–Crippen LogP) is 1.98. The number of hydrazone groups is 1. The Hall–Kier alpha value is -2.02. The third kappa shape index (κ3) is 5.40. The van der Waals surface area contributed by atoms with Crippen LogP contribution in [-0.2, 0) is 0 Å². The van der Waals surface area contributed by atoms with Crippen LogP contribution in [0.2, 0.25) is 0 Å². The number of nitrogens with one attached hydrogen (secondary N) is 1. The SMILES string of the molecule is NN=C(C=Nc1cncc(OC[C@@H]2CCN2)c1)CCCCF. The van der Waals surface area contributed by atoms with E-state index in [0.29, 0.717) is 49.1 Å². The molecule has 1 aromatic rings. The van der Waals surface area contributed by atoms with Crippen LogP contribution in [0.5, 0.6) is 5.75 Å². The summed E-state index contributed by atoms with van der Waals surface area (Å²) in [6, 6.07) is 2.25. The van der Waals surface area contributed by atoms with Crippen LogP contribution in [0, 0.1) is 0 Å². The smallest absolute Gasteiger partial charge is 0.139 e. The summed E-state index contributed by atoms with van der Waals surface area (Å²) in [5, 5.41) is 6.93. The molecule has 0 aliphatic carbocycles. The normalized spacial score (nSPS) is 18.4. The zero-order valence-corrected chi connectivity index (χ0v) is 12.5. The average Bonchev–Trinajstić information content (AvgIpc) is 2.50. The number of nitrogens with two attached hydrogens (primary N) is 1. The van der Waals surface area contributed by atoms with E-state index in [1.165, 1.54) is 0 Å². The molecule has 0 saturated carbocycles. The van der Waals surface area contributed by atoms with Crippen molar-refractivity contribution in [1.82, 2.24) is 10.3 Å². The molecule has 22 heavy (non-hydrogen) atoms. The number of aromatic nitrogens is 1. The molecule has 0 aromatic carbocycles. The van der Waals surface area contributed by atoms with E-state index in [2.05, 4.69) is 20.4 Å². The van der Waals surface area contributed by atoms with Crippen molar-refractivity contribution in [1.29, 1.82) is 0 Å². The molecular weight excluding hydrogens is 285 g/mol. The number of unbranched alkanes of at least 4 members (excludes halogenated alkanes) is 1. The maximum Gasteiger partial charge on any atom is 0.139 e. The Labute approximate surface area is 129 Å². The van der Waals surface area contributed by atoms with Crippen LogP contribution in [0.3, 0.4) is 0 Å². The Morgan fingerprint density at radius 1 is 1.50 bits per heavy atom. The number of hydrogen-bond donors (Lipinski definition) is 2. The summed E-state index contributed by atoms with van der Waals surface area (Å²) in [7, 11) is 0. The van der Waals surface area contributed by atoms with Crippen molar-refractivity contribution in [3.05, 3.63) is 18.5 Å². The van der Waals surface area contributed by atoms with E-state index < -0.39 is 0 Å². The van der Waals surface area contributed by atoms with Gasteiger partial charge < -0.3 is 15.9 Å². The van der Waals surface area contributed by atoms with Gasteiger partial charge in [-0.2, -0.15) is 5.10 Å². The Kier molecular flexibility index (Phi) is 6.76. The molecule has 1 aliphatic rings. The van der Waals surface area contributed by atoms with E-state index in [1.807, 2.05) is 6.07 Å². The summed E-state index contributed by atoms with van der Waals surface area (Å²) in [5.41, 5.74) is 1.31. The molecular formula is C15H22FN5O. The van der Waals surface area contributed by atoms with Gasteiger partial charge in [-0.05, 0) is 32.2 Å². The number of hydrogen-bond acceptors (Lipinski definition) is 6. The minimum atomic E-state index is -0.325. The molecule has 120 valence electrons. The zero-order chi connectivity index (χ0) is 15.6. The number of nitrogens with zero attached hydrogens (tertiary/aromatic N) is 3. The first-order valence-electron chi connectivity index (χ1n) is 7.50. The molecule has 2 rings (SSSR count). The van der Waals surface area contributed by atoms with Crippen LogP contribution in [0.4, 0.5) is 10.1 Å². The van der Waals surface area contributed by atoms with Crippen LogP contribution in [0.15, 0.2) is 28.6 Å². The molecule has 1 aromatic heterocycles. The third-order valence-corrected chi connectivity index (χ3v) is 3.42. The Bertz CT molecular complexity index is 516. The second-order valence-corrected chi connectivity index (χ2v) is 5.15. The van der Waals surface area contributed by atoms with Gasteiger partial charge in [0.15, 0.2) is 0 Å². The largest absolute Gasteiger partial charge is 0.490 e. The molecule has 0 bridgehead atoms. The van der Waals surface area contributed by atoms with Gasteiger partial charge in [0.2, 0.25) is 0 Å². The van der Waals surface area contributed by atoms with E-state index >= 15 is 0 Å². The topological polar surface area (TPSA) is 84.9 Å². The summed E-state index contributed by atoms with van der Waals surface area (Å²) >= 11 is 0. The second-order valence-electron chi connectivity index (χ2n) is 5.15. The van der Waals surface area contributed by atoms with Crippen molar-refractivity contribution in [2.75, 3.05) is 19.8 Å². The van der Waals surface area contributed by atoms with Crippen molar-refractivity contribution in [3.63, 3.8) is 0 Å². The highest BCUT2D eigenvalue weighted by Crippen LogP contribution is 2.18. The van der Waals surface area contributed by atoms with Crippen molar-refractivity contribution in [2.24, 2.45) is 15.9 Å². The number of halogens is 1. The van der Waals surface area contributed by atoms with Crippen LogP contribution in [0.25, 0.3) is 0 Å². The number of aliphatic imine (C=N–C) groups is 1. The van der Waals surface area contributed by atoms with Crippen LogP contribution in [0.1, 0.15) is 25.7 Å². The third-order valence-electron chi connectivity index (χ3n) is 3.42. The van der Waals surface area contributed by atoms with Gasteiger partial charge in [-0.1, -0.05) is 0 Å². The molecule has 1 fully saturated rings. The first kappa shape index (κ1) is 16.4. The highest BCUT2D eigenvalue weighted by Gasteiger charge is 2.16. The monoisotopic (exact) mass is 307 g/mol. The number of pyridine rings is 1. The van der Waals surface area contributed by atoms with Gasteiger partial charge >= 0.3 is 0 Å². The molecule has 0 spiro atoms. The highest BCUT2D eigenvalue weighted by molar-refractivity contribution is 6.30. The molecule has 3 N–H and O–H groups in total. The Balaban J connectivity index is 1.86. The van der Waals surface area contributed by atoms with E-state index in [9.17, 15) is 4.39 Å². The van der Waals surface area contributed by atoms with Crippen molar-refractivity contribution >= 4 is 17.6 Å². The molecule has 0 radical (unpaired) electrons. The lowest BCUT2D eigenvalue weighted by Crippen LogP contribution is -2.46. The molecule has 0 unspecified atom stereocenters. The predicted molar refractivity (Wildman–Crippen MR) is 85.7 cm³/mol. The van der Waals surface area contributed by atoms with E-state index in [4.69, 9.17) is 10.6 Å². The summed E-state index contributed by atoms with van der Waals surface area (Å²) < 4.78 is 17.7. The van der Waals surface area contributed by atoms with Gasteiger partial charge in [-0.15, -0.1) is 0 Å². The van der Waals surface area contributed by atoms with Crippen LogP contribution >= 0.6 is 0 Å². The first-order valence-corrected chi connectivity index (χ1v) is 7.50. The van der Waals surface area contributed by atoms with Crippen molar-refractivity contribution in [2.45, 2.75) is 31.7 Å². The van der Waals surface area contributed by atoms with Crippen LogP contribution in [-0.4, -0.2) is 42.8 Å². The summed E-state index contributed by atoms with van der Waals surface area (Å²) in [5.74, 6) is 5.99. The Morgan fingerprint density at radius 2 is 2.36 bits per heavy atom. The lowest BCUT2D eigenvalue weighted by molar-refractivity contribution is 0.217. The standard InChI is InChI=1S/C15H22FN5O/c16-5-2-1-3-12(21-17)9-20-14-7-15(10-18-8-14)22-11-13-4-6-19-13/h7-10,13,19H,1-6,11,17H2/t13-/m0/s1. The van der Waals surface area contributed by atoms with E-state index in [-0.39, 0.29) is 6.67 Å².